The number of rotatable bonds is 3. The number of methoxy groups -OCH3 is 1. The van der Waals surface area contributed by atoms with Crippen LogP contribution in [-0.2, 0) is 0 Å². The maximum Gasteiger partial charge on any atom is 0.231 e. The topological polar surface area (TPSA) is 70.8 Å². The maximum atomic E-state index is 11.8. The van der Waals surface area contributed by atoms with E-state index in [0.717, 1.165) is 0 Å². The second kappa shape index (κ2) is 4.02. The van der Waals surface area contributed by atoms with E-state index in [9.17, 15) is 4.79 Å². The smallest absolute Gasteiger partial charge is 0.231 e. The Morgan fingerprint density at radius 2 is 2.06 bits per heavy atom. The van der Waals surface area contributed by atoms with Crippen LogP contribution in [0.2, 0.25) is 0 Å². The number of Topliss-reactive ketones (excluding diaryl/α,β-unsaturated/α-hetero) is 1. The van der Waals surface area contributed by atoms with Gasteiger partial charge in [0, 0.05) is 6.07 Å². The zero-order valence-corrected chi connectivity index (χ0v) is 9.15. The summed E-state index contributed by atoms with van der Waals surface area (Å²) in [5.41, 5.74) is 5.98. The molecule has 0 radical (unpaired) electrons. The maximum absolute atomic E-state index is 11.8. The molecule has 5 heteroatoms. The fraction of sp³-hybridized carbons (Fsp3) is 0.364. The van der Waals surface area contributed by atoms with Crippen LogP contribution in [0.1, 0.15) is 17.3 Å². The zero-order valence-electron chi connectivity index (χ0n) is 9.15. The minimum Gasteiger partial charge on any atom is -0.496 e. The lowest BCUT2D eigenvalue weighted by Crippen LogP contribution is -2.27. The van der Waals surface area contributed by atoms with E-state index in [2.05, 4.69) is 0 Å². The number of carbonyl (C=O) groups is 1. The van der Waals surface area contributed by atoms with Crippen LogP contribution >= 0.6 is 0 Å². The van der Waals surface area contributed by atoms with Crippen molar-refractivity contribution in [3.8, 4) is 17.2 Å². The van der Waals surface area contributed by atoms with Gasteiger partial charge in [-0.15, -0.1) is 0 Å². The summed E-state index contributed by atoms with van der Waals surface area (Å²) in [6.45, 7) is 1.79. The van der Waals surface area contributed by atoms with Gasteiger partial charge in [0.1, 0.15) is 5.75 Å². The number of nitrogens with two attached hydrogens (primary N) is 1. The molecule has 0 saturated carbocycles. The third-order valence-electron chi connectivity index (χ3n) is 2.37. The quantitative estimate of drug-likeness (QED) is 0.772. The molecule has 16 heavy (non-hydrogen) atoms. The van der Waals surface area contributed by atoms with Gasteiger partial charge in [-0.1, -0.05) is 0 Å². The molecule has 5 nitrogen and oxygen atoms in total. The average molecular weight is 223 g/mol. The molecule has 86 valence electrons. The van der Waals surface area contributed by atoms with Gasteiger partial charge < -0.3 is 19.9 Å². The minimum atomic E-state index is -0.575. The number of fused-ring (bicyclic) bond motifs is 1. The molecular weight excluding hydrogens is 210 g/mol. The van der Waals surface area contributed by atoms with Crippen LogP contribution in [0.4, 0.5) is 0 Å². The van der Waals surface area contributed by atoms with Gasteiger partial charge in [-0.05, 0) is 13.0 Å². The minimum absolute atomic E-state index is 0.161. The Hall–Kier alpha value is -1.75. The predicted octanol–water partition coefficient (Wildman–Crippen LogP) is 0.954. The molecule has 1 atom stereocenters. The highest BCUT2D eigenvalue weighted by Crippen LogP contribution is 2.38. The van der Waals surface area contributed by atoms with Crippen molar-refractivity contribution in [3.63, 3.8) is 0 Å². The second-order valence-corrected chi connectivity index (χ2v) is 3.56. The molecule has 0 aromatic heterocycles. The van der Waals surface area contributed by atoms with Crippen LogP contribution in [0.25, 0.3) is 0 Å². The van der Waals surface area contributed by atoms with Crippen LogP contribution in [0.15, 0.2) is 12.1 Å². The molecule has 1 aromatic carbocycles. The molecule has 1 aliphatic rings. The van der Waals surface area contributed by atoms with E-state index < -0.39 is 6.04 Å². The molecule has 0 bridgehead atoms. The summed E-state index contributed by atoms with van der Waals surface area (Å²) < 4.78 is 15.5. The third-order valence-corrected chi connectivity index (χ3v) is 2.37. The highest BCUT2D eigenvalue weighted by molar-refractivity contribution is 6.02. The van der Waals surface area contributed by atoms with Crippen LogP contribution < -0.4 is 19.9 Å². The molecule has 0 saturated heterocycles. The number of ether oxygens (including phenoxy) is 3. The fourth-order valence-electron chi connectivity index (χ4n) is 1.53. The average Bonchev–Trinajstić information content (AvgIpc) is 2.72. The number of carbonyl (C=O) groups excluding carboxylic acids is 1. The van der Waals surface area contributed by atoms with E-state index in [1.54, 1.807) is 19.1 Å². The number of benzene rings is 1. The molecule has 0 aliphatic carbocycles. The Labute approximate surface area is 93.1 Å². The first kappa shape index (κ1) is 10.8. The van der Waals surface area contributed by atoms with Gasteiger partial charge in [-0.2, -0.15) is 0 Å². The molecule has 1 heterocycles. The van der Waals surface area contributed by atoms with Gasteiger partial charge >= 0.3 is 0 Å². The number of ketones is 1. The summed E-state index contributed by atoms with van der Waals surface area (Å²) in [6, 6.07) is 2.67. The van der Waals surface area contributed by atoms with Gasteiger partial charge in [0.15, 0.2) is 17.3 Å². The molecule has 2 rings (SSSR count). The van der Waals surface area contributed by atoms with Crippen molar-refractivity contribution in [1.29, 1.82) is 0 Å². The Kier molecular flexibility index (Phi) is 2.70. The standard InChI is InChI=1S/C11H13NO4/c1-6(12)11(13)7-3-9-10(16-5-15-9)4-8(7)14-2/h3-4,6H,5,12H2,1-2H3. The van der Waals surface area contributed by atoms with Gasteiger partial charge in [-0.25, -0.2) is 0 Å². The molecule has 1 aliphatic heterocycles. The highest BCUT2D eigenvalue weighted by Gasteiger charge is 2.22. The first-order valence-corrected chi connectivity index (χ1v) is 4.91. The molecule has 0 spiro atoms. The summed E-state index contributed by atoms with van der Waals surface area (Å²) in [6.07, 6.45) is 0. The Morgan fingerprint density at radius 3 is 2.62 bits per heavy atom. The predicted molar refractivity (Wildman–Crippen MR) is 57.1 cm³/mol. The van der Waals surface area contributed by atoms with Crippen molar-refractivity contribution in [2.75, 3.05) is 13.9 Å². The zero-order chi connectivity index (χ0) is 11.7. The molecule has 2 N–H and O–H groups in total. The van der Waals surface area contributed by atoms with Crippen molar-refractivity contribution in [2.24, 2.45) is 5.73 Å². The second-order valence-electron chi connectivity index (χ2n) is 3.56. The lowest BCUT2D eigenvalue weighted by Gasteiger charge is -2.10. The van der Waals surface area contributed by atoms with Crippen molar-refractivity contribution in [2.45, 2.75) is 13.0 Å². The van der Waals surface area contributed by atoms with Crippen LogP contribution in [-0.4, -0.2) is 25.7 Å². The largest absolute Gasteiger partial charge is 0.496 e. The van der Waals surface area contributed by atoms with Gasteiger partial charge in [0.05, 0.1) is 18.7 Å². The normalized spacial score (nSPS) is 14.7. The Morgan fingerprint density at radius 1 is 1.44 bits per heavy atom. The van der Waals surface area contributed by atoms with Crippen molar-refractivity contribution in [3.05, 3.63) is 17.7 Å². The van der Waals surface area contributed by atoms with Gasteiger partial charge in [0.25, 0.3) is 0 Å². The third kappa shape index (κ3) is 1.69. The van der Waals surface area contributed by atoms with E-state index >= 15 is 0 Å². The van der Waals surface area contributed by atoms with E-state index in [-0.39, 0.29) is 12.6 Å². The highest BCUT2D eigenvalue weighted by atomic mass is 16.7. The van der Waals surface area contributed by atoms with Crippen LogP contribution in [0, 0.1) is 0 Å². The van der Waals surface area contributed by atoms with Crippen molar-refractivity contribution < 1.29 is 19.0 Å². The fourth-order valence-corrected chi connectivity index (χ4v) is 1.53. The van der Waals surface area contributed by atoms with Crippen LogP contribution in [0.3, 0.4) is 0 Å². The lowest BCUT2D eigenvalue weighted by molar-refractivity contribution is 0.0964. The number of hydrogen-bond acceptors (Lipinski definition) is 5. The van der Waals surface area contributed by atoms with E-state index in [1.807, 2.05) is 0 Å². The van der Waals surface area contributed by atoms with Crippen LogP contribution in [0.5, 0.6) is 17.2 Å². The Balaban J connectivity index is 2.47. The summed E-state index contributed by atoms with van der Waals surface area (Å²) in [5, 5.41) is 0. The molecule has 1 aromatic rings. The lowest BCUT2D eigenvalue weighted by atomic mass is 10.0. The summed E-state index contributed by atoms with van der Waals surface area (Å²) in [4.78, 5) is 11.8. The van der Waals surface area contributed by atoms with E-state index in [4.69, 9.17) is 19.9 Å². The SMILES string of the molecule is COc1cc2c(cc1C(=O)C(C)N)OCO2. The monoisotopic (exact) mass is 223 g/mol. The first-order valence-electron chi connectivity index (χ1n) is 4.91. The van der Waals surface area contributed by atoms with Gasteiger partial charge in [-0.3, -0.25) is 4.79 Å². The van der Waals surface area contributed by atoms with Crippen molar-refractivity contribution in [1.82, 2.24) is 0 Å². The molecule has 0 fully saturated rings. The summed E-state index contributed by atoms with van der Waals surface area (Å²) >= 11 is 0. The van der Waals surface area contributed by atoms with Crippen molar-refractivity contribution >= 4 is 5.78 Å². The summed E-state index contributed by atoms with van der Waals surface area (Å²) in [5.74, 6) is 1.39. The molecular formula is C11H13NO4. The number of hydrogen-bond donors (Lipinski definition) is 1. The van der Waals surface area contributed by atoms with Gasteiger partial charge in [0.2, 0.25) is 6.79 Å². The first-order chi connectivity index (χ1) is 7.63. The van der Waals surface area contributed by atoms with E-state index in [0.29, 0.717) is 22.8 Å². The Bertz CT molecular complexity index is 428. The molecule has 0 amide bonds. The summed E-state index contributed by atoms with van der Waals surface area (Å²) in [7, 11) is 1.50. The van der Waals surface area contributed by atoms with E-state index in [1.165, 1.54) is 7.11 Å². The molecule has 1 unspecified atom stereocenters.